The van der Waals surface area contributed by atoms with Gasteiger partial charge in [-0.1, -0.05) is 6.58 Å². The lowest BCUT2D eigenvalue weighted by Crippen LogP contribution is -2.52. The Balaban J connectivity index is 1.51. The van der Waals surface area contributed by atoms with E-state index >= 15 is 0 Å². The van der Waals surface area contributed by atoms with Crippen molar-refractivity contribution >= 4 is 17.9 Å². The van der Waals surface area contributed by atoms with Crippen LogP contribution in [-0.2, 0) is 14.3 Å². The van der Waals surface area contributed by atoms with Gasteiger partial charge in [-0.3, -0.25) is 9.59 Å². The maximum atomic E-state index is 13.0. The average Bonchev–Trinajstić information content (AvgIpc) is 3.54. The van der Waals surface area contributed by atoms with Crippen LogP contribution in [0.25, 0.3) is 0 Å². The van der Waals surface area contributed by atoms with Crippen LogP contribution in [0.4, 0.5) is 4.79 Å². The number of amides is 3. The van der Waals surface area contributed by atoms with Crippen LogP contribution < -0.4 is 0 Å². The molecule has 0 aromatic rings. The zero-order chi connectivity index (χ0) is 21.9. The van der Waals surface area contributed by atoms with Gasteiger partial charge in [0.25, 0.3) is 0 Å². The number of hydrogen-bond donors (Lipinski definition) is 0. The fourth-order valence-electron chi connectivity index (χ4n) is 4.40. The molecule has 2 saturated heterocycles. The number of hydrogen-bond acceptors (Lipinski definition) is 4. The van der Waals surface area contributed by atoms with Crippen molar-refractivity contribution in [2.45, 2.75) is 70.9 Å². The molecule has 0 radical (unpaired) electrons. The number of rotatable bonds is 5. The van der Waals surface area contributed by atoms with Crippen molar-refractivity contribution in [2.24, 2.45) is 11.8 Å². The van der Waals surface area contributed by atoms with Crippen LogP contribution in [-0.4, -0.2) is 77.0 Å². The van der Waals surface area contributed by atoms with Crippen LogP contribution in [0.1, 0.15) is 59.3 Å². The van der Waals surface area contributed by atoms with Crippen molar-refractivity contribution in [2.75, 3.05) is 32.7 Å². The summed E-state index contributed by atoms with van der Waals surface area (Å²) < 4.78 is 5.66. The highest BCUT2D eigenvalue weighted by atomic mass is 16.6. The lowest BCUT2D eigenvalue weighted by molar-refractivity contribution is -0.140. The van der Waals surface area contributed by atoms with E-state index in [0.29, 0.717) is 44.9 Å². The molecule has 168 valence electrons. The molecule has 7 nitrogen and oxygen atoms in total. The number of ether oxygens (including phenoxy) is 1. The van der Waals surface area contributed by atoms with E-state index in [1.54, 1.807) is 4.90 Å². The van der Waals surface area contributed by atoms with Crippen LogP contribution in [0.3, 0.4) is 0 Å². The fourth-order valence-corrected chi connectivity index (χ4v) is 4.40. The average molecular weight is 420 g/mol. The predicted octanol–water partition coefficient (Wildman–Crippen LogP) is 3.05. The Morgan fingerprint density at radius 3 is 2.03 bits per heavy atom. The normalized spacial score (nSPS) is 21.3. The molecule has 0 aromatic heterocycles. The first kappa shape index (κ1) is 22.6. The molecule has 1 saturated carbocycles. The minimum absolute atomic E-state index is 0.0103. The maximum Gasteiger partial charge on any atom is 0.410 e. The molecule has 0 unspecified atom stereocenters. The van der Waals surface area contributed by atoms with E-state index < -0.39 is 5.60 Å². The largest absolute Gasteiger partial charge is 0.444 e. The Kier molecular flexibility index (Phi) is 7.09. The van der Waals surface area contributed by atoms with Gasteiger partial charge in [-0.2, -0.15) is 0 Å². The first-order valence-corrected chi connectivity index (χ1v) is 11.4. The van der Waals surface area contributed by atoms with Gasteiger partial charge in [-0.05, 0) is 71.3 Å². The minimum atomic E-state index is -0.503. The van der Waals surface area contributed by atoms with Gasteiger partial charge in [-0.25, -0.2) is 4.79 Å². The molecule has 3 aliphatic rings. The topological polar surface area (TPSA) is 70.2 Å². The summed E-state index contributed by atoms with van der Waals surface area (Å²) in [5.41, 5.74) is -0.503. The second kappa shape index (κ2) is 9.40. The number of likely N-dealkylation sites (tertiary alicyclic amines) is 2. The van der Waals surface area contributed by atoms with Crippen LogP contribution >= 0.6 is 0 Å². The molecule has 30 heavy (non-hydrogen) atoms. The van der Waals surface area contributed by atoms with Gasteiger partial charge in [0.15, 0.2) is 0 Å². The summed E-state index contributed by atoms with van der Waals surface area (Å²) in [5.74, 6) is 0.731. The van der Waals surface area contributed by atoms with Gasteiger partial charge in [0.1, 0.15) is 5.60 Å². The highest BCUT2D eigenvalue weighted by molar-refractivity contribution is 5.87. The molecule has 0 atom stereocenters. The van der Waals surface area contributed by atoms with Crippen molar-refractivity contribution in [3.8, 4) is 0 Å². The van der Waals surface area contributed by atoms with Gasteiger partial charge in [0.05, 0.1) is 0 Å². The van der Waals surface area contributed by atoms with E-state index in [4.69, 9.17) is 4.74 Å². The third-order valence-electron chi connectivity index (χ3n) is 6.33. The summed E-state index contributed by atoms with van der Waals surface area (Å²) in [7, 11) is 0. The van der Waals surface area contributed by atoms with E-state index in [-0.39, 0.29) is 29.9 Å². The summed E-state index contributed by atoms with van der Waals surface area (Å²) in [5, 5.41) is 0. The molecular weight excluding hydrogens is 382 g/mol. The van der Waals surface area contributed by atoms with Crippen LogP contribution in [0, 0.1) is 11.8 Å². The molecule has 0 spiro atoms. The molecule has 3 amide bonds. The quantitative estimate of drug-likeness (QED) is 0.642. The van der Waals surface area contributed by atoms with Gasteiger partial charge in [0.2, 0.25) is 11.8 Å². The number of carbonyl (C=O) groups is 3. The van der Waals surface area contributed by atoms with Crippen molar-refractivity contribution in [3.05, 3.63) is 12.7 Å². The Morgan fingerprint density at radius 2 is 1.53 bits per heavy atom. The highest BCUT2D eigenvalue weighted by Gasteiger charge is 2.37. The van der Waals surface area contributed by atoms with Crippen molar-refractivity contribution in [1.82, 2.24) is 14.7 Å². The second-order valence-corrected chi connectivity index (χ2v) is 9.94. The van der Waals surface area contributed by atoms with Crippen LogP contribution in [0.15, 0.2) is 12.7 Å². The fraction of sp³-hybridized carbons (Fsp3) is 0.783. The molecule has 0 aromatic carbocycles. The van der Waals surface area contributed by atoms with Crippen LogP contribution in [0.5, 0.6) is 0 Å². The molecule has 1 aliphatic carbocycles. The zero-order valence-corrected chi connectivity index (χ0v) is 18.8. The molecule has 7 heteroatoms. The smallest absolute Gasteiger partial charge is 0.410 e. The first-order valence-electron chi connectivity index (χ1n) is 11.4. The lowest BCUT2D eigenvalue weighted by atomic mass is 9.93. The zero-order valence-electron chi connectivity index (χ0n) is 18.8. The number of piperidine rings is 2. The van der Waals surface area contributed by atoms with E-state index in [0.717, 1.165) is 19.4 Å². The van der Waals surface area contributed by atoms with Crippen molar-refractivity contribution < 1.29 is 19.1 Å². The molecule has 0 N–H and O–H groups in total. The van der Waals surface area contributed by atoms with E-state index in [9.17, 15) is 14.4 Å². The molecule has 3 fully saturated rings. The third-order valence-corrected chi connectivity index (χ3v) is 6.33. The van der Waals surface area contributed by atoms with Gasteiger partial charge in [-0.15, -0.1) is 0 Å². The highest BCUT2D eigenvalue weighted by Crippen LogP contribution is 2.32. The van der Waals surface area contributed by atoms with E-state index in [1.807, 2.05) is 30.6 Å². The molecule has 3 rings (SSSR count). The summed E-state index contributed by atoms with van der Waals surface area (Å²) in [6.45, 7) is 12.6. The summed E-state index contributed by atoms with van der Waals surface area (Å²) >= 11 is 0. The minimum Gasteiger partial charge on any atom is -0.444 e. The lowest BCUT2D eigenvalue weighted by Gasteiger charge is -2.41. The van der Waals surface area contributed by atoms with E-state index in [1.165, 1.54) is 18.9 Å². The van der Waals surface area contributed by atoms with Crippen LogP contribution in [0.2, 0.25) is 0 Å². The van der Waals surface area contributed by atoms with Gasteiger partial charge < -0.3 is 19.4 Å². The Bertz CT molecular complexity index is 652. The third kappa shape index (κ3) is 5.99. The Morgan fingerprint density at radius 1 is 0.967 bits per heavy atom. The van der Waals surface area contributed by atoms with Crippen molar-refractivity contribution in [1.29, 1.82) is 0 Å². The SMILES string of the molecule is C=CC(=O)N1CCC(C(=O)N2CCC(N(CC3CC3)C(=O)OC(C)(C)C)CC2)CC1. The molecule has 0 bridgehead atoms. The molecular formula is C23H37N3O4. The predicted molar refractivity (Wildman–Crippen MR) is 115 cm³/mol. The maximum absolute atomic E-state index is 13.0. The first-order chi connectivity index (χ1) is 14.2. The summed E-state index contributed by atoms with van der Waals surface area (Å²) in [6, 6.07) is 0.136. The Hall–Kier alpha value is -2.05. The van der Waals surface area contributed by atoms with Gasteiger partial charge in [0, 0.05) is 44.7 Å². The summed E-state index contributed by atoms with van der Waals surface area (Å²) in [4.78, 5) is 43.1. The Labute approximate surface area is 180 Å². The molecule has 2 heterocycles. The monoisotopic (exact) mass is 419 g/mol. The summed E-state index contributed by atoms with van der Waals surface area (Å²) in [6.07, 6.45) is 6.50. The standard InChI is InChI=1S/C23H37N3O4/c1-5-20(27)24-12-8-18(9-13-24)21(28)25-14-10-19(11-15-25)26(16-17-6-7-17)22(29)30-23(2,3)4/h5,17-19H,1,6-16H2,2-4H3. The molecule has 2 aliphatic heterocycles. The number of nitrogens with zero attached hydrogens (tertiary/aromatic N) is 3. The van der Waals surface area contributed by atoms with Crippen molar-refractivity contribution in [3.63, 3.8) is 0 Å². The second-order valence-electron chi connectivity index (χ2n) is 9.94. The number of carbonyl (C=O) groups excluding carboxylic acids is 3. The van der Waals surface area contributed by atoms with Gasteiger partial charge >= 0.3 is 6.09 Å². The van der Waals surface area contributed by atoms with E-state index in [2.05, 4.69) is 6.58 Å².